The van der Waals surface area contributed by atoms with Gasteiger partial charge in [-0.05, 0) is 18.2 Å². The largest absolute Gasteiger partial charge is 0.378 e. The highest BCUT2D eigenvalue weighted by Crippen LogP contribution is 2.28. The molecule has 0 saturated carbocycles. The maximum atomic E-state index is 13.3. The maximum Gasteiger partial charge on any atom is 0.293 e. The van der Waals surface area contributed by atoms with Gasteiger partial charge in [0.05, 0.1) is 14.7 Å². The number of sulfone groups is 1. The highest BCUT2D eigenvalue weighted by Gasteiger charge is 2.19. The molecule has 2 aromatic rings. The van der Waals surface area contributed by atoms with Crippen LogP contribution in [0.4, 0.5) is 27.1 Å². The molecule has 0 radical (unpaired) electrons. The van der Waals surface area contributed by atoms with Gasteiger partial charge in [0, 0.05) is 37.5 Å². The summed E-state index contributed by atoms with van der Waals surface area (Å²) in [5.74, 6) is -0.650. The van der Waals surface area contributed by atoms with Crippen molar-refractivity contribution in [1.29, 1.82) is 0 Å². The molecule has 12 heteroatoms. The summed E-state index contributed by atoms with van der Waals surface area (Å²) < 4.78 is 36.3. The van der Waals surface area contributed by atoms with E-state index in [2.05, 4.69) is 10.6 Å². The Morgan fingerprint density at radius 2 is 1.52 bits per heavy atom. The Bertz CT molecular complexity index is 996. The highest BCUT2D eigenvalue weighted by molar-refractivity contribution is 7.90. The Kier molecular flexibility index (Phi) is 5.90. The van der Waals surface area contributed by atoms with E-state index in [4.69, 9.17) is 0 Å². The van der Waals surface area contributed by atoms with E-state index in [1.807, 2.05) is 0 Å². The summed E-state index contributed by atoms with van der Waals surface area (Å²) in [7, 11) is -3.60. The summed E-state index contributed by atoms with van der Waals surface area (Å²) in [6, 6.07) is 6.41. The van der Waals surface area contributed by atoms with Crippen LogP contribution < -0.4 is 10.6 Å². The normalized spacial score (nSPS) is 11.0. The lowest BCUT2D eigenvalue weighted by Gasteiger charge is -2.10. The molecule has 27 heavy (non-hydrogen) atoms. The number of halogens is 1. The summed E-state index contributed by atoms with van der Waals surface area (Å²) in [4.78, 5) is 20.5. The molecule has 0 aromatic heterocycles. The van der Waals surface area contributed by atoms with Crippen molar-refractivity contribution < 1.29 is 22.7 Å². The molecule has 144 valence electrons. The molecular formula is C15H15FN4O6S. The maximum absolute atomic E-state index is 13.3. The monoisotopic (exact) mass is 398 g/mol. The average Bonchev–Trinajstić information content (AvgIpc) is 2.57. The smallest absolute Gasteiger partial charge is 0.293 e. The molecule has 0 amide bonds. The van der Waals surface area contributed by atoms with Crippen LogP contribution in [0.25, 0.3) is 0 Å². The fourth-order valence-electron chi connectivity index (χ4n) is 2.25. The first-order valence-electron chi connectivity index (χ1n) is 7.50. The molecule has 0 bridgehead atoms. The number of nitro benzene ring substituents is 2. The Hall–Kier alpha value is -3.28. The number of rotatable bonds is 8. The first-order valence-corrected chi connectivity index (χ1v) is 9.39. The molecule has 10 nitrogen and oxygen atoms in total. The number of nitro groups is 2. The number of nitrogens with zero attached hydrogens (tertiary/aromatic N) is 2. The van der Waals surface area contributed by atoms with E-state index in [1.54, 1.807) is 0 Å². The number of anilines is 2. The third-order valence-electron chi connectivity index (χ3n) is 3.51. The zero-order valence-corrected chi connectivity index (χ0v) is 14.8. The van der Waals surface area contributed by atoms with Crippen molar-refractivity contribution in [2.45, 2.75) is 4.90 Å². The number of nitrogens with one attached hydrogen (secondary N) is 2. The van der Waals surface area contributed by atoms with Crippen molar-refractivity contribution >= 4 is 32.6 Å². The zero-order valence-electron chi connectivity index (χ0n) is 14.0. The molecule has 0 atom stereocenters. The van der Waals surface area contributed by atoms with Gasteiger partial charge in [0.2, 0.25) is 0 Å². The van der Waals surface area contributed by atoms with Crippen LogP contribution in [0.3, 0.4) is 0 Å². The van der Waals surface area contributed by atoms with E-state index < -0.39 is 31.2 Å². The van der Waals surface area contributed by atoms with Crippen molar-refractivity contribution in [3.63, 3.8) is 0 Å². The van der Waals surface area contributed by atoms with Crippen molar-refractivity contribution in [2.24, 2.45) is 0 Å². The van der Waals surface area contributed by atoms with Crippen molar-refractivity contribution in [2.75, 3.05) is 30.0 Å². The minimum atomic E-state index is -3.60. The molecule has 0 saturated heterocycles. The average molecular weight is 398 g/mol. The van der Waals surface area contributed by atoms with E-state index in [1.165, 1.54) is 12.1 Å². The van der Waals surface area contributed by atoms with Gasteiger partial charge in [0.1, 0.15) is 17.2 Å². The minimum Gasteiger partial charge on any atom is -0.378 e. The van der Waals surface area contributed by atoms with Crippen molar-refractivity contribution in [3.05, 3.63) is 62.4 Å². The fraction of sp³-hybridized carbons (Fsp3) is 0.200. The molecule has 0 spiro atoms. The predicted molar refractivity (Wildman–Crippen MR) is 96.2 cm³/mol. The van der Waals surface area contributed by atoms with Gasteiger partial charge in [0.25, 0.3) is 11.4 Å². The van der Waals surface area contributed by atoms with Gasteiger partial charge in [-0.15, -0.1) is 0 Å². The van der Waals surface area contributed by atoms with Crippen molar-refractivity contribution in [1.82, 2.24) is 0 Å². The van der Waals surface area contributed by atoms with Crippen molar-refractivity contribution in [3.8, 4) is 0 Å². The lowest BCUT2D eigenvalue weighted by Crippen LogP contribution is -2.15. The molecule has 0 aliphatic heterocycles. The van der Waals surface area contributed by atoms with Crippen LogP contribution >= 0.6 is 0 Å². The Morgan fingerprint density at radius 3 is 2.07 bits per heavy atom. The quantitative estimate of drug-likeness (QED) is 0.392. The predicted octanol–water partition coefficient (Wildman–Crippen LogP) is 2.57. The SMILES string of the molecule is CS(=O)(=O)c1ccc(NCCNc2cc(F)ccc2[N+](=O)[O-])c([N+](=O)[O-])c1. The summed E-state index contributed by atoms with van der Waals surface area (Å²) in [5, 5.41) is 27.5. The molecule has 0 aliphatic rings. The second kappa shape index (κ2) is 7.95. The van der Waals surface area contributed by atoms with E-state index in [0.29, 0.717) is 0 Å². The van der Waals surface area contributed by atoms with Crippen LogP contribution in [-0.4, -0.2) is 37.6 Å². The van der Waals surface area contributed by atoms with Gasteiger partial charge >= 0.3 is 0 Å². The van der Waals surface area contributed by atoms with Crippen LogP contribution in [0.2, 0.25) is 0 Å². The summed E-state index contributed by atoms with van der Waals surface area (Å²) >= 11 is 0. The van der Waals surface area contributed by atoms with Gasteiger partial charge in [-0.25, -0.2) is 12.8 Å². The summed E-state index contributed by atoms with van der Waals surface area (Å²) in [6.45, 7) is 0.196. The molecule has 2 aromatic carbocycles. The molecule has 2 rings (SSSR count). The van der Waals surface area contributed by atoms with Crippen LogP contribution in [0, 0.1) is 26.0 Å². The van der Waals surface area contributed by atoms with E-state index in [0.717, 1.165) is 30.5 Å². The van der Waals surface area contributed by atoms with Gasteiger partial charge in [0.15, 0.2) is 9.84 Å². The van der Waals surface area contributed by atoms with Crippen LogP contribution in [-0.2, 0) is 9.84 Å². The van der Waals surface area contributed by atoms with Gasteiger partial charge in [-0.1, -0.05) is 0 Å². The molecule has 2 N–H and O–H groups in total. The van der Waals surface area contributed by atoms with Gasteiger partial charge in [-0.3, -0.25) is 20.2 Å². The van der Waals surface area contributed by atoms with Crippen LogP contribution in [0.15, 0.2) is 41.3 Å². The third kappa shape index (κ3) is 5.10. The number of hydrogen-bond acceptors (Lipinski definition) is 8. The molecule has 0 aliphatic carbocycles. The number of benzene rings is 2. The van der Waals surface area contributed by atoms with E-state index in [-0.39, 0.29) is 35.0 Å². The second-order valence-corrected chi connectivity index (χ2v) is 7.50. The lowest BCUT2D eigenvalue weighted by molar-refractivity contribution is -0.384. The molecule has 0 heterocycles. The zero-order chi connectivity index (χ0) is 20.2. The standard InChI is InChI=1S/C15H15FN4O6S/c1-27(25,26)11-3-4-12(15(9-11)20(23)24)17-6-7-18-13-8-10(16)2-5-14(13)19(21)22/h2-5,8-9,17-18H,6-7H2,1H3. The highest BCUT2D eigenvalue weighted by atomic mass is 32.2. The van der Waals surface area contributed by atoms with E-state index >= 15 is 0 Å². The Labute approximate surface area is 153 Å². The lowest BCUT2D eigenvalue weighted by atomic mass is 10.2. The Morgan fingerprint density at radius 1 is 0.926 bits per heavy atom. The summed E-state index contributed by atoms with van der Waals surface area (Å²) in [6.07, 6.45) is 0.939. The number of hydrogen-bond donors (Lipinski definition) is 2. The van der Waals surface area contributed by atoms with E-state index in [9.17, 15) is 33.0 Å². The van der Waals surface area contributed by atoms with Gasteiger partial charge in [-0.2, -0.15) is 0 Å². The molecule has 0 unspecified atom stereocenters. The first-order chi connectivity index (χ1) is 12.6. The summed E-state index contributed by atoms with van der Waals surface area (Å²) in [5.41, 5.74) is -0.666. The fourth-order valence-corrected chi connectivity index (χ4v) is 2.89. The van der Waals surface area contributed by atoms with Gasteiger partial charge < -0.3 is 10.6 Å². The topological polar surface area (TPSA) is 144 Å². The molecule has 0 fully saturated rings. The molecular weight excluding hydrogens is 383 g/mol. The van der Waals surface area contributed by atoms with Crippen LogP contribution in [0.5, 0.6) is 0 Å². The minimum absolute atomic E-state index is 0.0243. The Balaban J connectivity index is 2.09. The van der Waals surface area contributed by atoms with Crippen LogP contribution in [0.1, 0.15) is 0 Å². The first kappa shape index (κ1) is 20.0. The second-order valence-electron chi connectivity index (χ2n) is 5.48. The third-order valence-corrected chi connectivity index (χ3v) is 4.62.